The highest BCUT2D eigenvalue weighted by Crippen LogP contribution is 2.26. The fraction of sp³-hybridized carbons (Fsp3) is 0.381. The Morgan fingerprint density at radius 2 is 1.93 bits per heavy atom. The van der Waals surface area contributed by atoms with Gasteiger partial charge in [-0.25, -0.2) is 0 Å². The van der Waals surface area contributed by atoms with Gasteiger partial charge in [-0.05, 0) is 30.5 Å². The van der Waals surface area contributed by atoms with Crippen LogP contribution in [0.4, 0.5) is 0 Å². The number of nitrogens with zero attached hydrogens (tertiary/aromatic N) is 2. The van der Waals surface area contributed by atoms with Crippen LogP contribution >= 0.6 is 0 Å². The molecule has 2 fully saturated rings. The van der Waals surface area contributed by atoms with Gasteiger partial charge < -0.3 is 14.8 Å². The highest BCUT2D eigenvalue weighted by Gasteiger charge is 2.42. The van der Waals surface area contributed by atoms with Crippen molar-refractivity contribution in [3.63, 3.8) is 0 Å². The summed E-state index contributed by atoms with van der Waals surface area (Å²) >= 11 is 0. The topological polar surface area (TPSA) is 71.4 Å². The van der Waals surface area contributed by atoms with E-state index in [2.05, 4.69) is 5.32 Å². The zero-order valence-corrected chi connectivity index (χ0v) is 15.4. The number of likely N-dealkylation sites (tertiary alicyclic amines) is 1. The molecule has 2 atom stereocenters. The van der Waals surface area contributed by atoms with Crippen LogP contribution in [0.25, 0.3) is 0 Å². The third-order valence-corrected chi connectivity index (χ3v) is 5.59. The van der Waals surface area contributed by atoms with Crippen molar-refractivity contribution in [2.45, 2.75) is 32.4 Å². The average Bonchev–Trinajstić information content (AvgIpc) is 3.19. The Labute approximate surface area is 157 Å². The number of hydrogen-bond donors (Lipinski definition) is 1. The van der Waals surface area contributed by atoms with E-state index in [1.165, 1.54) is 0 Å². The Kier molecular flexibility index (Phi) is 4.56. The maximum Gasteiger partial charge on any atom is 0.263 e. The minimum absolute atomic E-state index is 0.0192. The number of carbonyl (C=O) groups is 2. The monoisotopic (exact) mass is 365 g/mol. The van der Waals surface area contributed by atoms with Crippen LogP contribution in [-0.4, -0.2) is 40.4 Å². The molecule has 3 heterocycles. The molecule has 2 aliphatic heterocycles. The second-order valence-corrected chi connectivity index (χ2v) is 7.46. The Bertz CT molecular complexity index is 919. The van der Waals surface area contributed by atoms with Crippen LogP contribution in [0.1, 0.15) is 27.9 Å². The summed E-state index contributed by atoms with van der Waals surface area (Å²) in [6.45, 7) is 3.34. The molecule has 6 heteroatoms. The smallest absolute Gasteiger partial charge is 0.263 e. The molecule has 2 aromatic rings. The number of fused-ring (bicyclic) bond motifs is 1. The van der Waals surface area contributed by atoms with Gasteiger partial charge in [0.05, 0.1) is 6.04 Å². The molecule has 0 spiro atoms. The van der Waals surface area contributed by atoms with Gasteiger partial charge in [-0.15, -0.1) is 0 Å². The number of hydrogen-bond acceptors (Lipinski definition) is 3. The Morgan fingerprint density at radius 1 is 1.15 bits per heavy atom. The van der Waals surface area contributed by atoms with Gasteiger partial charge in [0.15, 0.2) is 0 Å². The van der Waals surface area contributed by atoms with E-state index in [0.717, 1.165) is 12.0 Å². The highest BCUT2D eigenvalue weighted by atomic mass is 16.2. The van der Waals surface area contributed by atoms with Crippen molar-refractivity contribution in [1.29, 1.82) is 0 Å². The maximum atomic E-state index is 13.0. The second kappa shape index (κ2) is 7.02. The quantitative estimate of drug-likeness (QED) is 0.889. The summed E-state index contributed by atoms with van der Waals surface area (Å²) in [6.07, 6.45) is 2.96. The lowest BCUT2D eigenvalue weighted by molar-refractivity contribution is -0.119. The molecule has 1 N–H and O–H groups in total. The summed E-state index contributed by atoms with van der Waals surface area (Å²) in [5.41, 5.74) is 1.86. The number of aryl methyl sites for hydroxylation is 3. The molecule has 0 radical (unpaired) electrons. The minimum atomic E-state index is -0.239. The summed E-state index contributed by atoms with van der Waals surface area (Å²) in [5, 5.41) is 2.92. The van der Waals surface area contributed by atoms with E-state index in [-0.39, 0.29) is 34.9 Å². The van der Waals surface area contributed by atoms with Gasteiger partial charge in [-0.3, -0.25) is 14.4 Å². The molecule has 0 unspecified atom stereocenters. The van der Waals surface area contributed by atoms with Crippen LogP contribution in [-0.2, 0) is 17.8 Å². The zero-order chi connectivity index (χ0) is 19.0. The molecule has 140 valence electrons. The molecule has 2 amide bonds. The van der Waals surface area contributed by atoms with Crippen molar-refractivity contribution in [3.05, 3.63) is 69.6 Å². The van der Waals surface area contributed by atoms with Gasteiger partial charge in [-0.2, -0.15) is 0 Å². The standard InChI is InChI=1S/C21H23N3O3/c1-14-7-9-23(10-8-15-5-3-2-4-6-15)20(26)19(14)21(27)24-12-16-11-18(25)22-17(16)13-24/h2-7,9,16-17H,8,10-13H2,1H3,(H,22,25)/t16-,17+/m0/s1. The lowest BCUT2D eigenvalue weighted by Crippen LogP contribution is -2.39. The van der Waals surface area contributed by atoms with Crippen LogP contribution < -0.4 is 10.9 Å². The van der Waals surface area contributed by atoms with Gasteiger partial charge in [0.2, 0.25) is 5.91 Å². The summed E-state index contributed by atoms with van der Waals surface area (Å²) in [7, 11) is 0. The second-order valence-electron chi connectivity index (χ2n) is 7.46. The van der Waals surface area contributed by atoms with Crippen molar-refractivity contribution in [2.75, 3.05) is 13.1 Å². The van der Waals surface area contributed by atoms with E-state index >= 15 is 0 Å². The van der Waals surface area contributed by atoms with E-state index < -0.39 is 0 Å². The summed E-state index contributed by atoms with van der Waals surface area (Å²) in [6, 6.07) is 11.8. The highest BCUT2D eigenvalue weighted by molar-refractivity contribution is 5.95. The summed E-state index contributed by atoms with van der Waals surface area (Å²) in [5.74, 6) is -0.0164. The molecular weight excluding hydrogens is 342 g/mol. The number of rotatable bonds is 4. The molecule has 0 saturated carbocycles. The predicted octanol–water partition coefficient (Wildman–Crippen LogP) is 1.36. The molecular formula is C21H23N3O3. The average molecular weight is 365 g/mol. The summed E-state index contributed by atoms with van der Waals surface area (Å²) in [4.78, 5) is 39.2. The number of pyridine rings is 1. The molecule has 6 nitrogen and oxygen atoms in total. The number of amides is 2. The number of carbonyl (C=O) groups excluding carboxylic acids is 2. The van der Waals surface area contributed by atoms with E-state index in [1.807, 2.05) is 36.4 Å². The first-order chi connectivity index (χ1) is 13.0. The largest absolute Gasteiger partial charge is 0.351 e. The van der Waals surface area contributed by atoms with Crippen molar-refractivity contribution in [2.24, 2.45) is 5.92 Å². The van der Waals surface area contributed by atoms with Crippen LogP contribution in [0, 0.1) is 12.8 Å². The molecule has 27 heavy (non-hydrogen) atoms. The Morgan fingerprint density at radius 3 is 2.67 bits per heavy atom. The van der Waals surface area contributed by atoms with Gasteiger partial charge in [0.25, 0.3) is 11.5 Å². The summed E-state index contributed by atoms with van der Waals surface area (Å²) < 4.78 is 1.62. The van der Waals surface area contributed by atoms with Crippen LogP contribution in [0.5, 0.6) is 0 Å². The number of aromatic nitrogens is 1. The molecule has 2 aliphatic rings. The molecule has 4 rings (SSSR count). The number of nitrogens with one attached hydrogen (secondary N) is 1. The molecule has 0 bridgehead atoms. The SMILES string of the molecule is Cc1ccn(CCc2ccccc2)c(=O)c1C(=O)N1C[C@@H]2CC(=O)N[C@@H]2C1. The first-order valence-electron chi connectivity index (χ1n) is 9.35. The lowest BCUT2D eigenvalue weighted by atomic mass is 10.1. The van der Waals surface area contributed by atoms with Crippen molar-refractivity contribution >= 4 is 11.8 Å². The normalized spacial score (nSPS) is 21.2. The van der Waals surface area contributed by atoms with Gasteiger partial charge in [0, 0.05) is 38.2 Å². The maximum absolute atomic E-state index is 13.0. The van der Waals surface area contributed by atoms with E-state index in [9.17, 15) is 14.4 Å². The Hall–Kier alpha value is -2.89. The fourth-order valence-electron chi connectivity index (χ4n) is 4.06. The third kappa shape index (κ3) is 3.39. The van der Waals surface area contributed by atoms with Crippen molar-refractivity contribution in [1.82, 2.24) is 14.8 Å². The fourth-order valence-corrected chi connectivity index (χ4v) is 4.06. The predicted molar refractivity (Wildman–Crippen MR) is 102 cm³/mol. The van der Waals surface area contributed by atoms with E-state index in [4.69, 9.17) is 0 Å². The van der Waals surface area contributed by atoms with Gasteiger partial charge in [0.1, 0.15) is 5.56 Å². The molecule has 2 saturated heterocycles. The molecule has 1 aromatic carbocycles. The van der Waals surface area contributed by atoms with Gasteiger partial charge >= 0.3 is 0 Å². The first kappa shape index (κ1) is 17.5. The third-order valence-electron chi connectivity index (χ3n) is 5.59. The van der Waals surface area contributed by atoms with Crippen molar-refractivity contribution in [3.8, 4) is 0 Å². The van der Waals surface area contributed by atoms with Crippen LogP contribution in [0.3, 0.4) is 0 Å². The Balaban J connectivity index is 1.53. The van der Waals surface area contributed by atoms with Crippen LogP contribution in [0.2, 0.25) is 0 Å². The molecule has 0 aliphatic carbocycles. The van der Waals surface area contributed by atoms with E-state index in [1.54, 1.807) is 22.6 Å². The first-order valence-corrected chi connectivity index (χ1v) is 9.35. The zero-order valence-electron chi connectivity index (χ0n) is 15.4. The lowest BCUT2D eigenvalue weighted by Gasteiger charge is -2.19. The molecule has 1 aromatic heterocycles. The van der Waals surface area contributed by atoms with E-state index in [0.29, 0.717) is 31.6 Å². The van der Waals surface area contributed by atoms with Gasteiger partial charge in [-0.1, -0.05) is 30.3 Å². The van der Waals surface area contributed by atoms with Crippen molar-refractivity contribution < 1.29 is 9.59 Å². The van der Waals surface area contributed by atoms with Crippen LogP contribution in [0.15, 0.2) is 47.4 Å². The minimum Gasteiger partial charge on any atom is -0.351 e. The number of benzene rings is 1.